The van der Waals surface area contributed by atoms with E-state index < -0.39 is 0 Å². The molecule has 0 radical (unpaired) electrons. The van der Waals surface area contributed by atoms with Crippen molar-refractivity contribution < 1.29 is 13.9 Å². The van der Waals surface area contributed by atoms with Gasteiger partial charge in [-0.25, -0.2) is 0 Å². The van der Waals surface area contributed by atoms with Crippen LogP contribution in [0.1, 0.15) is 23.5 Å². The molecule has 0 spiro atoms. The fraction of sp³-hybridized carbons (Fsp3) is 0.190. The van der Waals surface area contributed by atoms with Gasteiger partial charge in [0.1, 0.15) is 16.8 Å². The number of para-hydroxylation sites is 2. The van der Waals surface area contributed by atoms with E-state index in [2.05, 4.69) is 5.32 Å². The second kappa shape index (κ2) is 9.15. The zero-order valence-electron chi connectivity index (χ0n) is 14.6. The molecule has 0 aliphatic carbocycles. The summed E-state index contributed by atoms with van der Waals surface area (Å²) in [7, 11) is 0. The summed E-state index contributed by atoms with van der Waals surface area (Å²) < 4.78 is 11.0. The van der Waals surface area contributed by atoms with Crippen molar-refractivity contribution in [2.75, 3.05) is 11.9 Å². The fourth-order valence-electron chi connectivity index (χ4n) is 2.56. The van der Waals surface area contributed by atoms with E-state index in [0.29, 0.717) is 23.8 Å². The third kappa shape index (κ3) is 4.70. The van der Waals surface area contributed by atoms with Gasteiger partial charge in [-0.1, -0.05) is 42.5 Å². The van der Waals surface area contributed by atoms with E-state index in [-0.39, 0.29) is 11.2 Å². The minimum absolute atomic E-state index is 0.0834. The smallest absolute Gasteiger partial charge is 0.242 e. The quantitative estimate of drug-likeness (QED) is 0.588. The standard InChI is InChI=1S/C21H21NO3S/c1-2-24-19-13-7-6-12-18(19)22-21(23)20(16-9-4-3-5-10-16)26-15-17-11-8-14-25-17/h3-14,20H,2,15H2,1H3,(H,22,23)/t20-/m1/s1. The lowest BCUT2D eigenvalue weighted by Gasteiger charge is -2.18. The second-order valence-corrected chi connectivity index (χ2v) is 6.69. The van der Waals surface area contributed by atoms with Crippen molar-refractivity contribution in [2.24, 2.45) is 0 Å². The van der Waals surface area contributed by atoms with Crippen molar-refractivity contribution in [1.82, 2.24) is 0 Å². The second-order valence-electron chi connectivity index (χ2n) is 5.60. The normalized spacial score (nSPS) is 11.7. The lowest BCUT2D eigenvalue weighted by molar-refractivity contribution is -0.115. The molecule has 0 bridgehead atoms. The van der Waals surface area contributed by atoms with E-state index in [9.17, 15) is 4.79 Å². The zero-order chi connectivity index (χ0) is 18.2. The maximum atomic E-state index is 13.0. The van der Waals surface area contributed by atoms with Crippen molar-refractivity contribution in [2.45, 2.75) is 17.9 Å². The number of hydrogen-bond acceptors (Lipinski definition) is 4. The van der Waals surface area contributed by atoms with Gasteiger partial charge in [-0.2, -0.15) is 0 Å². The topological polar surface area (TPSA) is 51.5 Å². The molecule has 3 rings (SSSR count). The maximum absolute atomic E-state index is 13.0. The number of furan rings is 1. The first-order valence-corrected chi connectivity index (χ1v) is 9.54. The van der Waals surface area contributed by atoms with Crippen molar-refractivity contribution in [3.05, 3.63) is 84.3 Å². The number of rotatable bonds is 8. The minimum atomic E-state index is -0.351. The van der Waals surface area contributed by atoms with Gasteiger partial charge >= 0.3 is 0 Å². The van der Waals surface area contributed by atoms with Crippen LogP contribution >= 0.6 is 11.8 Å². The molecule has 3 aromatic rings. The first kappa shape index (κ1) is 18.1. The van der Waals surface area contributed by atoms with Crippen LogP contribution in [0, 0.1) is 0 Å². The van der Waals surface area contributed by atoms with E-state index in [1.54, 1.807) is 6.26 Å². The summed E-state index contributed by atoms with van der Waals surface area (Å²) in [6.45, 7) is 2.47. The predicted molar refractivity (Wildman–Crippen MR) is 105 cm³/mol. The number of carbonyl (C=O) groups is 1. The van der Waals surface area contributed by atoms with Gasteiger partial charge in [-0.3, -0.25) is 4.79 Å². The number of ether oxygens (including phenoxy) is 1. The monoisotopic (exact) mass is 367 g/mol. The van der Waals surface area contributed by atoms with Crippen LogP contribution in [0.15, 0.2) is 77.4 Å². The molecule has 1 amide bonds. The molecule has 26 heavy (non-hydrogen) atoms. The van der Waals surface area contributed by atoms with E-state index in [4.69, 9.17) is 9.15 Å². The first-order chi connectivity index (χ1) is 12.8. The highest BCUT2D eigenvalue weighted by Gasteiger charge is 2.22. The van der Waals surface area contributed by atoms with Crippen molar-refractivity contribution in [3.63, 3.8) is 0 Å². The molecule has 0 aliphatic rings. The van der Waals surface area contributed by atoms with E-state index >= 15 is 0 Å². The first-order valence-electron chi connectivity index (χ1n) is 8.49. The number of anilines is 1. The Hall–Kier alpha value is -2.66. The van der Waals surface area contributed by atoms with Crippen molar-refractivity contribution in [3.8, 4) is 5.75 Å². The van der Waals surface area contributed by atoms with Crippen LogP contribution in [0.4, 0.5) is 5.69 Å². The predicted octanol–water partition coefficient (Wildman–Crippen LogP) is 5.29. The highest BCUT2D eigenvalue weighted by Crippen LogP contribution is 2.34. The minimum Gasteiger partial charge on any atom is -0.492 e. The van der Waals surface area contributed by atoms with Gasteiger partial charge in [0.15, 0.2) is 0 Å². The number of amides is 1. The zero-order valence-corrected chi connectivity index (χ0v) is 15.4. The van der Waals surface area contributed by atoms with Gasteiger partial charge in [-0.05, 0) is 36.8 Å². The summed E-state index contributed by atoms with van der Waals surface area (Å²) in [4.78, 5) is 13.0. The lowest BCUT2D eigenvalue weighted by Crippen LogP contribution is -2.19. The molecular formula is C21H21NO3S. The molecule has 1 heterocycles. The van der Waals surface area contributed by atoms with Crippen molar-refractivity contribution >= 4 is 23.4 Å². The van der Waals surface area contributed by atoms with Gasteiger partial charge in [-0.15, -0.1) is 11.8 Å². The third-order valence-corrected chi connectivity index (χ3v) is 5.03. The largest absolute Gasteiger partial charge is 0.492 e. The molecule has 1 atom stereocenters. The molecule has 1 aromatic heterocycles. The summed E-state index contributed by atoms with van der Waals surface area (Å²) in [5.41, 5.74) is 1.63. The summed E-state index contributed by atoms with van der Waals surface area (Å²) in [6, 6.07) is 21.0. The van der Waals surface area contributed by atoms with E-state index in [0.717, 1.165) is 11.3 Å². The summed E-state index contributed by atoms with van der Waals surface area (Å²) in [6.07, 6.45) is 1.64. The van der Waals surface area contributed by atoms with Crippen LogP contribution in [0.3, 0.4) is 0 Å². The average molecular weight is 367 g/mol. The Kier molecular flexibility index (Phi) is 6.39. The number of carbonyl (C=O) groups excluding carboxylic acids is 1. The van der Waals surface area contributed by atoms with E-state index in [1.165, 1.54) is 11.8 Å². The molecule has 0 unspecified atom stereocenters. The molecule has 5 heteroatoms. The fourth-order valence-corrected chi connectivity index (χ4v) is 3.62. The average Bonchev–Trinajstić information content (AvgIpc) is 3.18. The lowest BCUT2D eigenvalue weighted by atomic mass is 10.1. The van der Waals surface area contributed by atoms with Gasteiger partial charge in [0, 0.05) is 0 Å². The number of benzene rings is 2. The van der Waals surface area contributed by atoms with Crippen LogP contribution in [-0.4, -0.2) is 12.5 Å². The van der Waals surface area contributed by atoms with Crippen LogP contribution in [0.25, 0.3) is 0 Å². The highest BCUT2D eigenvalue weighted by atomic mass is 32.2. The SMILES string of the molecule is CCOc1ccccc1NC(=O)[C@H](SCc1ccco1)c1ccccc1. The van der Waals surface area contributed by atoms with Crippen LogP contribution in [0.2, 0.25) is 0 Å². The molecule has 0 aliphatic heterocycles. The Morgan fingerprint density at radius 1 is 1.08 bits per heavy atom. The Bertz CT molecular complexity index is 818. The molecule has 0 saturated heterocycles. The van der Waals surface area contributed by atoms with Crippen LogP contribution in [0.5, 0.6) is 5.75 Å². The summed E-state index contributed by atoms with van der Waals surface area (Å²) in [5, 5.41) is 2.66. The van der Waals surface area contributed by atoms with Gasteiger partial charge in [0.05, 0.1) is 24.3 Å². The molecule has 2 aromatic carbocycles. The van der Waals surface area contributed by atoms with Gasteiger partial charge in [0.25, 0.3) is 0 Å². The van der Waals surface area contributed by atoms with Crippen LogP contribution < -0.4 is 10.1 Å². The molecule has 1 N–H and O–H groups in total. The molecule has 0 fully saturated rings. The van der Waals surface area contributed by atoms with Gasteiger partial charge in [0.2, 0.25) is 5.91 Å². The molecule has 4 nitrogen and oxygen atoms in total. The Balaban J connectivity index is 1.78. The molecule has 134 valence electrons. The van der Waals surface area contributed by atoms with Crippen LogP contribution in [-0.2, 0) is 10.5 Å². The maximum Gasteiger partial charge on any atom is 0.242 e. The van der Waals surface area contributed by atoms with Crippen molar-refractivity contribution in [1.29, 1.82) is 0 Å². The molecular weight excluding hydrogens is 346 g/mol. The summed E-state index contributed by atoms with van der Waals surface area (Å²) in [5.74, 6) is 2.05. The number of nitrogens with one attached hydrogen (secondary N) is 1. The van der Waals surface area contributed by atoms with E-state index in [1.807, 2.05) is 73.7 Å². The Labute approximate surface area is 157 Å². The highest BCUT2D eigenvalue weighted by molar-refractivity contribution is 7.99. The van der Waals surface area contributed by atoms with Gasteiger partial charge < -0.3 is 14.5 Å². The Morgan fingerprint density at radius 3 is 2.58 bits per heavy atom. The molecule has 0 saturated carbocycles. The summed E-state index contributed by atoms with van der Waals surface area (Å²) >= 11 is 1.53. The number of hydrogen-bond donors (Lipinski definition) is 1. The Morgan fingerprint density at radius 2 is 1.85 bits per heavy atom. The number of thioether (sulfide) groups is 1. The third-order valence-electron chi connectivity index (χ3n) is 3.76.